The first-order valence-corrected chi connectivity index (χ1v) is 4.95. The molecule has 0 bridgehead atoms. The lowest BCUT2D eigenvalue weighted by Crippen LogP contribution is -2.19. The zero-order chi connectivity index (χ0) is 9.10. The molecule has 1 aliphatic rings. The van der Waals surface area contributed by atoms with Crippen molar-refractivity contribution in [1.82, 2.24) is 0 Å². The molecule has 2 N–H and O–H groups in total. The molecule has 2 rings (SSSR count). The van der Waals surface area contributed by atoms with Gasteiger partial charge in [-0.05, 0) is 24.5 Å². The van der Waals surface area contributed by atoms with Crippen LogP contribution in [0.2, 0.25) is 0 Å². The van der Waals surface area contributed by atoms with Gasteiger partial charge in [0.05, 0.1) is 0 Å². The smallest absolute Gasteiger partial charge is 0.0411 e. The molecule has 3 heteroatoms. The van der Waals surface area contributed by atoms with E-state index in [2.05, 4.69) is 29.2 Å². The van der Waals surface area contributed by atoms with Crippen LogP contribution in [0.25, 0.3) is 0 Å². The van der Waals surface area contributed by atoms with E-state index in [1.165, 1.54) is 37.2 Å². The zero-order valence-corrected chi connectivity index (χ0v) is 9.09. The van der Waals surface area contributed by atoms with Gasteiger partial charge in [-0.3, -0.25) is 0 Å². The Bertz CT molecular complexity index is 282. The molecule has 0 amide bonds. The van der Waals surface area contributed by atoms with Gasteiger partial charge in [-0.25, -0.2) is 0 Å². The molecule has 1 fully saturated rings. The number of anilines is 1. The van der Waals surface area contributed by atoms with Crippen molar-refractivity contribution >= 4 is 18.1 Å². The number of para-hydroxylation sites is 1. The van der Waals surface area contributed by atoms with Crippen molar-refractivity contribution in [3.63, 3.8) is 0 Å². The van der Waals surface area contributed by atoms with E-state index in [1.54, 1.807) is 0 Å². The fraction of sp³-hybridized carbons (Fsp3) is 0.455. The third-order valence-corrected chi connectivity index (χ3v) is 2.66. The van der Waals surface area contributed by atoms with E-state index in [4.69, 9.17) is 5.73 Å². The molecule has 2 nitrogen and oxygen atoms in total. The van der Waals surface area contributed by atoms with E-state index in [-0.39, 0.29) is 12.4 Å². The van der Waals surface area contributed by atoms with Crippen molar-refractivity contribution < 1.29 is 0 Å². The summed E-state index contributed by atoms with van der Waals surface area (Å²) in [7, 11) is 0. The summed E-state index contributed by atoms with van der Waals surface area (Å²) in [5, 5.41) is 0. The molecule has 78 valence electrons. The molecule has 0 unspecified atom stereocenters. The van der Waals surface area contributed by atoms with Crippen LogP contribution in [0.1, 0.15) is 18.4 Å². The van der Waals surface area contributed by atoms with Crippen molar-refractivity contribution in [3.8, 4) is 0 Å². The van der Waals surface area contributed by atoms with E-state index in [9.17, 15) is 0 Å². The minimum absolute atomic E-state index is 0. The van der Waals surface area contributed by atoms with Gasteiger partial charge in [0.1, 0.15) is 0 Å². The van der Waals surface area contributed by atoms with Crippen LogP contribution in [0.5, 0.6) is 0 Å². The molecular weight excluding hydrogens is 196 g/mol. The van der Waals surface area contributed by atoms with Gasteiger partial charge in [0.15, 0.2) is 0 Å². The second-order valence-corrected chi connectivity index (χ2v) is 3.53. The average Bonchev–Trinajstić information content (AvgIpc) is 2.70. The van der Waals surface area contributed by atoms with Crippen LogP contribution in [0.3, 0.4) is 0 Å². The fourth-order valence-electron chi connectivity index (χ4n) is 1.95. The van der Waals surface area contributed by atoms with Gasteiger partial charge in [0.25, 0.3) is 0 Å². The Morgan fingerprint density at radius 3 is 2.43 bits per heavy atom. The maximum Gasteiger partial charge on any atom is 0.0411 e. The lowest BCUT2D eigenvalue weighted by atomic mass is 10.1. The van der Waals surface area contributed by atoms with E-state index >= 15 is 0 Å². The number of benzene rings is 1. The van der Waals surface area contributed by atoms with Crippen LogP contribution in [0, 0.1) is 0 Å². The van der Waals surface area contributed by atoms with E-state index in [0.29, 0.717) is 6.54 Å². The summed E-state index contributed by atoms with van der Waals surface area (Å²) in [6.45, 7) is 3.03. The summed E-state index contributed by atoms with van der Waals surface area (Å²) in [6.07, 6.45) is 2.64. The summed E-state index contributed by atoms with van der Waals surface area (Å²) in [5.41, 5.74) is 8.30. The average molecular weight is 213 g/mol. The molecule has 0 aromatic heterocycles. The highest BCUT2D eigenvalue weighted by atomic mass is 35.5. The van der Waals surface area contributed by atoms with E-state index < -0.39 is 0 Å². The summed E-state index contributed by atoms with van der Waals surface area (Å²) >= 11 is 0. The summed E-state index contributed by atoms with van der Waals surface area (Å²) < 4.78 is 0. The number of hydrogen-bond donors (Lipinski definition) is 1. The number of nitrogens with two attached hydrogens (primary N) is 1. The van der Waals surface area contributed by atoms with Gasteiger partial charge in [0, 0.05) is 25.3 Å². The van der Waals surface area contributed by atoms with Crippen LogP contribution in [-0.4, -0.2) is 13.1 Å². The number of halogens is 1. The molecule has 0 aliphatic carbocycles. The Morgan fingerprint density at radius 2 is 1.79 bits per heavy atom. The first kappa shape index (κ1) is 11.3. The molecular formula is C11H17ClN2. The molecule has 0 radical (unpaired) electrons. The monoisotopic (exact) mass is 212 g/mol. The second-order valence-electron chi connectivity index (χ2n) is 3.53. The number of nitrogens with zero attached hydrogens (tertiary/aromatic N) is 1. The molecule has 0 atom stereocenters. The van der Waals surface area contributed by atoms with Gasteiger partial charge in [-0.15, -0.1) is 12.4 Å². The fourth-order valence-corrected chi connectivity index (χ4v) is 1.95. The van der Waals surface area contributed by atoms with Crippen LogP contribution in [-0.2, 0) is 6.54 Å². The SMILES string of the molecule is Cl.NCc1ccccc1N1CCCC1. The topological polar surface area (TPSA) is 29.3 Å². The predicted octanol–water partition coefficient (Wildman–Crippen LogP) is 2.17. The maximum atomic E-state index is 5.69. The molecule has 1 aliphatic heterocycles. The third-order valence-electron chi connectivity index (χ3n) is 2.66. The quantitative estimate of drug-likeness (QED) is 0.814. The number of hydrogen-bond acceptors (Lipinski definition) is 2. The largest absolute Gasteiger partial charge is 0.371 e. The van der Waals surface area contributed by atoms with Crippen molar-refractivity contribution in [2.24, 2.45) is 5.73 Å². The minimum Gasteiger partial charge on any atom is -0.371 e. The standard InChI is InChI=1S/C11H16N2.ClH/c12-9-10-5-1-2-6-11(10)13-7-3-4-8-13;/h1-2,5-6H,3-4,7-9,12H2;1H. The van der Waals surface area contributed by atoms with Gasteiger partial charge in [-0.1, -0.05) is 18.2 Å². The van der Waals surface area contributed by atoms with Gasteiger partial charge >= 0.3 is 0 Å². The summed E-state index contributed by atoms with van der Waals surface area (Å²) in [5.74, 6) is 0. The van der Waals surface area contributed by atoms with E-state index in [0.717, 1.165) is 0 Å². The van der Waals surface area contributed by atoms with Crippen molar-refractivity contribution in [1.29, 1.82) is 0 Å². The molecule has 0 spiro atoms. The predicted molar refractivity (Wildman–Crippen MR) is 63.0 cm³/mol. The Labute approximate surface area is 91.5 Å². The number of rotatable bonds is 2. The van der Waals surface area contributed by atoms with Crippen molar-refractivity contribution in [2.75, 3.05) is 18.0 Å². The Kier molecular flexibility index (Phi) is 4.23. The highest BCUT2D eigenvalue weighted by molar-refractivity contribution is 5.85. The third kappa shape index (κ3) is 2.20. The Morgan fingerprint density at radius 1 is 1.14 bits per heavy atom. The molecule has 1 heterocycles. The lowest BCUT2D eigenvalue weighted by molar-refractivity contribution is 0.940. The minimum atomic E-state index is 0. The van der Waals surface area contributed by atoms with E-state index in [1.807, 2.05) is 0 Å². The van der Waals surface area contributed by atoms with Crippen LogP contribution >= 0.6 is 12.4 Å². The van der Waals surface area contributed by atoms with Gasteiger partial charge < -0.3 is 10.6 Å². The zero-order valence-electron chi connectivity index (χ0n) is 8.28. The Balaban J connectivity index is 0.000000980. The van der Waals surface area contributed by atoms with Crippen LogP contribution in [0.15, 0.2) is 24.3 Å². The lowest BCUT2D eigenvalue weighted by Gasteiger charge is -2.20. The second kappa shape index (κ2) is 5.23. The Hall–Kier alpha value is -0.730. The molecule has 1 aromatic rings. The summed E-state index contributed by atoms with van der Waals surface area (Å²) in [6, 6.07) is 8.44. The molecule has 14 heavy (non-hydrogen) atoms. The van der Waals surface area contributed by atoms with Crippen LogP contribution < -0.4 is 10.6 Å². The van der Waals surface area contributed by atoms with Gasteiger partial charge in [-0.2, -0.15) is 0 Å². The first-order valence-electron chi connectivity index (χ1n) is 4.95. The van der Waals surface area contributed by atoms with Gasteiger partial charge in [0.2, 0.25) is 0 Å². The first-order chi connectivity index (χ1) is 6.42. The molecule has 0 saturated carbocycles. The molecule has 1 saturated heterocycles. The maximum absolute atomic E-state index is 5.69. The summed E-state index contributed by atoms with van der Waals surface area (Å²) in [4.78, 5) is 2.43. The van der Waals surface area contributed by atoms with Crippen LogP contribution in [0.4, 0.5) is 5.69 Å². The van der Waals surface area contributed by atoms with Crippen molar-refractivity contribution in [2.45, 2.75) is 19.4 Å². The van der Waals surface area contributed by atoms with Crippen molar-refractivity contribution in [3.05, 3.63) is 29.8 Å². The highest BCUT2D eigenvalue weighted by Crippen LogP contribution is 2.23. The molecule has 1 aromatic carbocycles. The highest BCUT2D eigenvalue weighted by Gasteiger charge is 2.13. The normalized spacial score (nSPS) is 15.4.